The number of carbonyl (C=O) groups excluding carboxylic acids is 1. The first-order valence-corrected chi connectivity index (χ1v) is 6.93. The van der Waals surface area contributed by atoms with Crippen LogP contribution in [0.1, 0.15) is 30.6 Å². The molecule has 0 bridgehead atoms. The first kappa shape index (κ1) is 16.9. The summed E-state index contributed by atoms with van der Waals surface area (Å²) in [6, 6.07) is 3.92. The van der Waals surface area contributed by atoms with Crippen molar-refractivity contribution in [2.24, 2.45) is 0 Å². The van der Waals surface area contributed by atoms with E-state index in [1.54, 1.807) is 0 Å². The second kappa shape index (κ2) is 8.21. The zero-order chi connectivity index (χ0) is 15.8. The summed E-state index contributed by atoms with van der Waals surface area (Å²) in [7, 11) is 0. The number of esters is 1. The molecule has 0 spiro atoms. The van der Waals surface area contributed by atoms with Gasteiger partial charge in [0.15, 0.2) is 0 Å². The van der Waals surface area contributed by atoms with Crippen LogP contribution in [0.3, 0.4) is 0 Å². The highest BCUT2D eigenvalue weighted by atomic mass is 16.6. The summed E-state index contributed by atoms with van der Waals surface area (Å²) in [5, 5.41) is 10.9. The van der Waals surface area contributed by atoms with Gasteiger partial charge in [-0.3, -0.25) is 10.1 Å². The summed E-state index contributed by atoms with van der Waals surface area (Å²) in [6.45, 7) is 7.06. The molecule has 0 heterocycles. The maximum Gasteiger partial charge on any atom is 0.345 e. The van der Waals surface area contributed by atoms with E-state index in [1.807, 2.05) is 0 Å². The molecule has 0 aromatic heterocycles. The average Bonchev–Trinajstić information content (AvgIpc) is 2.47. The van der Waals surface area contributed by atoms with E-state index in [0.717, 1.165) is 25.7 Å². The van der Waals surface area contributed by atoms with E-state index in [-0.39, 0.29) is 23.5 Å². The fourth-order valence-electron chi connectivity index (χ4n) is 1.94. The Morgan fingerprint density at radius 3 is 2.62 bits per heavy atom. The van der Waals surface area contributed by atoms with Gasteiger partial charge in [0.05, 0.1) is 11.5 Å². The summed E-state index contributed by atoms with van der Waals surface area (Å²) < 4.78 is 5.09. The van der Waals surface area contributed by atoms with Crippen molar-refractivity contribution < 1.29 is 14.5 Å². The number of nitro benzene ring substituents is 1. The molecule has 7 nitrogen and oxygen atoms in total. The first-order valence-electron chi connectivity index (χ1n) is 6.93. The number of nitro groups is 1. The quantitative estimate of drug-likeness (QED) is 0.259. The lowest BCUT2D eigenvalue weighted by molar-refractivity contribution is -0.385. The van der Waals surface area contributed by atoms with Crippen molar-refractivity contribution in [1.29, 1.82) is 0 Å². The lowest BCUT2D eigenvalue weighted by Gasteiger charge is -2.17. The lowest BCUT2D eigenvalue weighted by Crippen LogP contribution is -2.25. The third-order valence-electron chi connectivity index (χ3n) is 3.18. The Kier molecular flexibility index (Phi) is 6.61. The molecular weight excluding hydrogens is 274 g/mol. The SMILES string of the molecule is CCN(CC)CCCOC(=O)c1ccc(N)cc1[N+](=O)[O-]. The van der Waals surface area contributed by atoms with Gasteiger partial charge >= 0.3 is 5.97 Å². The Morgan fingerprint density at radius 2 is 2.05 bits per heavy atom. The number of hydrogen-bond acceptors (Lipinski definition) is 6. The second-order valence-corrected chi connectivity index (χ2v) is 4.55. The number of nitrogen functional groups attached to an aromatic ring is 1. The van der Waals surface area contributed by atoms with Crippen LogP contribution in [0.2, 0.25) is 0 Å². The van der Waals surface area contributed by atoms with Crippen molar-refractivity contribution in [1.82, 2.24) is 4.90 Å². The van der Waals surface area contributed by atoms with Gasteiger partial charge in [0.2, 0.25) is 0 Å². The summed E-state index contributed by atoms with van der Waals surface area (Å²) in [6.07, 6.45) is 0.691. The highest BCUT2D eigenvalue weighted by Gasteiger charge is 2.21. The third kappa shape index (κ3) is 5.03. The van der Waals surface area contributed by atoms with Gasteiger partial charge in [0.25, 0.3) is 5.69 Å². The number of carbonyl (C=O) groups is 1. The number of nitrogens with zero attached hydrogens (tertiary/aromatic N) is 2. The minimum atomic E-state index is -0.693. The summed E-state index contributed by atoms with van der Waals surface area (Å²) in [4.78, 5) is 24.4. The molecule has 0 aliphatic carbocycles. The molecule has 0 fully saturated rings. The van der Waals surface area contributed by atoms with Crippen molar-refractivity contribution >= 4 is 17.3 Å². The van der Waals surface area contributed by atoms with Gasteiger partial charge in [-0.25, -0.2) is 4.79 Å². The van der Waals surface area contributed by atoms with Gasteiger partial charge in [-0.2, -0.15) is 0 Å². The van der Waals surface area contributed by atoms with E-state index in [9.17, 15) is 14.9 Å². The van der Waals surface area contributed by atoms with Crippen molar-refractivity contribution in [3.63, 3.8) is 0 Å². The molecule has 0 aliphatic heterocycles. The Balaban J connectivity index is 2.58. The normalized spacial score (nSPS) is 10.6. The monoisotopic (exact) mass is 295 g/mol. The molecule has 1 aromatic carbocycles. The van der Waals surface area contributed by atoms with E-state index in [2.05, 4.69) is 18.7 Å². The molecule has 7 heteroatoms. The lowest BCUT2D eigenvalue weighted by atomic mass is 10.1. The number of anilines is 1. The molecule has 1 rings (SSSR count). The standard InChI is InChI=1S/C14H21N3O4/c1-3-16(4-2)8-5-9-21-14(18)12-7-6-11(15)10-13(12)17(19)20/h6-7,10H,3-5,8-9,15H2,1-2H3. The van der Waals surface area contributed by atoms with Gasteiger partial charge in [-0.1, -0.05) is 13.8 Å². The molecule has 0 amide bonds. The van der Waals surface area contributed by atoms with E-state index in [1.165, 1.54) is 12.1 Å². The number of hydrogen-bond donors (Lipinski definition) is 1. The van der Waals surface area contributed by atoms with Gasteiger partial charge < -0.3 is 15.4 Å². The number of rotatable bonds is 8. The van der Waals surface area contributed by atoms with Crippen LogP contribution in [0.15, 0.2) is 18.2 Å². The van der Waals surface area contributed by atoms with Crippen molar-refractivity contribution in [2.75, 3.05) is 32.0 Å². The Labute approximate surface area is 123 Å². The van der Waals surface area contributed by atoms with Crippen molar-refractivity contribution in [3.8, 4) is 0 Å². The fourth-order valence-corrected chi connectivity index (χ4v) is 1.94. The molecule has 116 valence electrons. The zero-order valence-electron chi connectivity index (χ0n) is 12.4. The van der Waals surface area contributed by atoms with E-state index in [4.69, 9.17) is 10.5 Å². The predicted molar refractivity (Wildman–Crippen MR) is 80.2 cm³/mol. The van der Waals surface area contributed by atoms with Crippen LogP contribution in [0.5, 0.6) is 0 Å². The molecule has 2 N–H and O–H groups in total. The Bertz CT molecular complexity index is 501. The van der Waals surface area contributed by atoms with Gasteiger partial charge in [-0.05, 0) is 31.6 Å². The molecule has 0 saturated carbocycles. The molecule has 1 aromatic rings. The van der Waals surface area contributed by atoms with E-state index in [0.29, 0.717) is 6.42 Å². The predicted octanol–water partition coefficient (Wildman–Crippen LogP) is 2.07. The van der Waals surface area contributed by atoms with E-state index >= 15 is 0 Å². The molecule has 0 radical (unpaired) electrons. The van der Waals surface area contributed by atoms with E-state index < -0.39 is 10.9 Å². The Morgan fingerprint density at radius 1 is 1.38 bits per heavy atom. The number of benzene rings is 1. The topological polar surface area (TPSA) is 98.7 Å². The summed E-state index contributed by atoms with van der Waals surface area (Å²) in [5.41, 5.74) is 5.32. The van der Waals surface area contributed by atoms with Crippen LogP contribution in [0, 0.1) is 10.1 Å². The number of ether oxygens (including phenoxy) is 1. The van der Waals surface area contributed by atoms with Crippen LogP contribution in [0.4, 0.5) is 11.4 Å². The van der Waals surface area contributed by atoms with Crippen LogP contribution < -0.4 is 5.73 Å². The number of nitrogens with two attached hydrogens (primary N) is 1. The maximum atomic E-state index is 11.9. The van der Waals surface area contributed by atoms with Crippen molar-refractivity contribution in [2.45, 2.75) is 20.3 Å². The molecule has 0 unspecified atom stereocenters. The van der Waals surface area contributed by atoms with Gasteiger partial charge in [-0.15, -0.1) is 0 Å². The molecule has 0 saturated heterocycles. The minimum absolute atomic E-state index is 0.0722. The minimum Gasteiger partial charge on any atom is -0.462 e. The molecule has 21 heavy (non-hydrogen) atoms. The largest absolute Gasteiger partial charge is 0.462 e. The Hall–Kier alpha value is -2.15. The first-order chi connectivity index (χ1) is 9.99. The van der Waals surface area contributed by atoms with Crippen LogP contribution in [-0.4, -0.2) is 42.0 Å². The maximum absolute atomic E-state index is 11.9. The second-order valence-electron chi connectivity index (χ2n) is 4.55. The highest BCUT2D eigenvalue weighted by molar-refractivity contribution is 5.94. The molecule has 0 aliphatic rings. The van der Waals surface area contributed by atoms with Crippen LogP contribution in [-0.2, 0) is 4.74 Å². The summed E-state index contributed by atoms with van der Waals surface area (Å²) in [5.74, 6) is -0.693. The zero-order valence-corrected chi connectivity index (χ0v) is 12.4. The average molecular weight is 295 g/mol. The van der Waals surface area contributed by atoms with Crippen LogP contribution >= 0.6 is 0 Å². The molecular formula is C14H21N3O4. The van der Waals surface area contributed by atoms with Crippen LogP contribution in [0.25, 0.3) is 0 Å². The highest BCUT2D eigenvalue weighted by Crippen LogP contribution is 2.22. The van der Waals surface area contributed by atoms with Gasteiger partial charge in [0, 0.05) is 18.3 Å². The van der Waals surface area contributed by atoms with Crippen molar-refractivity contribution in [3.05, 3.63) is 33.9 Å². The molecule has 0 atom stereocenters. The fraction of sp³-hybridized carbons (Fsp3) is 0.500. The smallest absolute Gasteiger partial charge is 0.345 e. The third-order valence-corrected chi connectivity index (χ3v) is 3.18. The van der Waals surface area contributed by atoms with Gasteiger partial charge in [0.1, 0.15) is 5.56 Å². The summed E-state index contributed by atoms with van der Waals surface area (Å²) >= 11 is 0.